The van der Waals surface area contributed by atoms with Gasteiger partial charge in [0.25, 0.3) is 0 Å². The van der Waals surface area contributed by atoms with Crippen LogP contribution in [0.25, 0.3) is 0 Å². The molecule has 2 N–H and O–H groups in total. The molecule has 0 bridgehead atoms. The largest absolute Gasteiger partial charge is 0.382 e. The molecule has 1 aliphatic rings. The van der Waals surface area contributed by atoms with E-state index in [1.54, 1.807) is 0 Å². The quantitative estimate of drug-likeness (QED) is 0.459. The van der Waals surface area contributed by atoms with Gasteiger partial charge in [-0.15, -0.1) is 0 Å². The Kier molecular flexibility index (Phi) is 1.89. The van der Waals surface area contributed by atoms with Crippen molar-refractivity contribution >= 4 is 5.87 Å². The molecule has 0 aliphatic carbocycles. The van der Waals surface area contributed by atoms with Gasteiger partial charge in [-0.1, -0.05) is 18.2 Å². The number of para-hydroxylation sites is 1. The molecule has 3 nitrogen and oxygen atoms in total. The van der Waals surface area contributed by atoms with Crippen LogP contribution >= 0.6 is 0 Å². The van der Waals surface area contributed by atoms with Gasteiger partial charge in [0.2, 0.25) is 0 Å². The van der Waals surface area contributed by atoms with Crippen molar-refractivity contribution in [1.82, 2.24) is 5.48 Å². The molecular weight excluding hydrogens is 164 g/mol. The van der Waals surface area contributed by atoms with E-state index in [2.05, 4.69) is 17.1 Å². The highest BCUT2D eigenvalue weighted by Crippen LogP contribution is 2.23. The van der Waals surface area contributed by atoms with Gasteiger partial charge in [0.1, 0.15) is 5.70 Å². The van der Waals surface area contributed by atoms with Crippen molar-refractivity contribution in [3.63, 3.8) is 0 Å². The van der Waals surface area contributed by atoms with E-state index < -0.39 is 0 Å². The number of benzene rings is 1. The average Bonchev–Trinajstić information content (AvgIpc) is 2.18. The fourth-order valence-corrected chi connectivity index (χ4v) is 1.24. The second-order valence-corrected chi connectivity index (χ2v) is 2.72. The third-order valence-corrected chi connectivity index (χ3v) is 1.84. The van der Waals surface area contributed by atoms with Gasteiger partial charge in [0.15, 0.2) is 5.75 Å². The molecule has 1 aliphatic heterocycles. The molecule has 0 aromatic heterocycles. The minimum Gasteiger partial charge on any atom is -0.382 e. The molecule has 0 saturated carbocycles. The first kappa shape index (κ1) is 7.69. The maximum absolute atomic E-state index is 6.75. The normalized spacial score (nSPS) is 13.1. The van der Waals surface area contributed by atoms with Gasteiger partial charge >= 0.3 is 0 Å². The molecule has 13 heavy (non-hydrogen) atoms. The van der Waals surface area contributed by atoms with E-state index in [1.165, 1.54) is 0 Å². The first-order valence-corrected chi connectivity index (χ1v) is 3.94. The fourth-order valence-electron chi connectivity index (χ4n) is 1.24. The lowest BCUT2D eigenvalue weighted by Crippen LogP contribution is -2.24. The molecule has 1 aromatic rings. The fraction of sp³-hybridized carbons (Fsp3) is 0.100. The number of fused-ring (bicyclic) bond motifs is 1. The Balaban J connectivity index is 2.40. The van der Waals surface area contributed by atoms with Crippen LogP contribution in [0.15, 0.2) is 35.7 Å². The minimum absolute atomic E-state index is 0.710. The third kappa shape index (κ3) is 1.47. The molecule has 1 heterocycles. The van der Waals surface area contributed by atoms with Crippen LogP contribution in [0.3, 0.4) is 0 Å². The maximum Gasteiger partial charge on any atom is 0.158 e. The summed E-state index contributed by atoms with van der Waals surface area (Å²) in [6, 6.07) is 7.76. The summed E-state index contributed by atoms with van der Waals surface area (Å²) in [5.74, 6) is 2.92. The molecule has 3 heteroatoms. The van der Waals surface area contributed by atoms with Crippen molar-refractivity contribution < 1.29 is 4.84 Å². The summed E-state index contributed by atoms with van der Waals surface area (Å²) in [5.41, 5.74) is 7.15. The van der Waals surface area contributed by atoms with E-state index in [0.717, 1.165) is 17.0 Å². The van der Waals surface area contributed by atoms with E-state index in [-0.39, 0.29) is 0 Å². The van der Waals surface area contributed by atoms with Crippen LogP contribution in [-0.2, 0) is 6.42 Å². The van der Waals surface area contributed by atoms with E-state index >= 15 is 0 Å². The van der Waals surface area contributed by atoms with Gasteiger partial charge < -0.3 is 4.84 Å². The highest BCUT2D eigenvalue weighted by Gasteiger charge is 2.11. The summed E-state index contributed by atoms with van der Waals surface area (Å²) in [4.78, 5) is 5.22. The summed E-state index contributed by atoms with van der Waals surface area (Å²) >= 11 is 0. The highest BCUT2D eigenvalue weighted by atomic mass is 16.6. The van der Waals surface area contributed by atoms with Gasteiger partial charge in [-0.2, -0.15) is 0 Å². The van der Waals surface area contributed by atoms with E-state index in [1.807, 2.05) is 24.3 Å². The standard InChI is InChI=1S/C10H8N2O/c11-6-5-9-7-8-3-1-2-4-10(8)13-12-9/h1-4,11-12H,7H2. The van der Waals surface area contributed by atoms with Crippen LogP contribution in [0.1, 0.15) is 5.56 Å². The van der Waals surface area contributed by atoms with Crippen molar-refractivity contribution in [2.45, 2.75) is 6.42 Å². The van der Waals surface area contributed by atoms with E-state index in [0.29, 0.717) is 6.42 Å². The summed E-state index contributed by atoms with van der Waals surface area (Å²) in [6.07, 6.45) is 0.710. The first-order valence-electron chi connectivity index (χ1n) is 3.94. The SMILES string of the molecule is N=C=C=C1Cc2ccccc2ON1. The highest BCUT2D eigenvalue weighted by molar-refractivity contribution is 5.49. The topological polar surface area (TPSA) is 45.1 Å². The van der Waals surface area contributed by atoms with Gasteiger partial charge in [-0.3, -0.25) is 5.41 Å². The number of hydrogen-bond donors (Lipinski definition) is 2. The molecule has 0 amide bonds. The van der Waals surface area contributed by atoms with Crippen molar-refractivity contribution in [3.8, 4) is 5.75 Å². The zero-order valence-corrected chi connectivity index (χ0v) is 6.92. The zero-order chi connectivity index (χ0) is 9.10. The second kappa shape index (κ2) is 3.20. The Bertz CT molecular complexity index is 413. The summed E-state index contributed by atoms with van der Waals surface area (Å²) in [6.45, 7) is 0. The molecule has 1 aromatic carbocycles. The Morgan fingerprint density at radius 1 is 1.38 bits per heavy atom. The second-order valence-electron chi connectivity index (χ2n) is 2.72. The summed E-state index contributed by atoms with van der Waals surface area (Å²) in [5, 5.41) is 6.75. The molecule has 0 atom stereocenters. The molecule has 0 spiro atoms. The lowest BCUT2D eigenvalue weighted by Gasteiger charge is -2.18. The molecular formula is C10H8N2O. The van der Waals surface area contributed by atoms with Crippen molar-refractivity contribution in [1.29, 1.82) is 5.41 Å². The number of allylic oxidation sites excluding steroid dienone is 1. The number of nitrogens with one attached hydrogen (secondary N) is 2. The lowest BCUT2D eigenvalue weighted by molar-refractivity contribution is 0.212. The van der Waals surface area contributed by atoms with Crippen LogP contribution < -0.4 is 10.3 Å². The maximum atomic E-state index is 6.75. The predicted molar refractivity (Wildman–Crippen MR) is 48.7 cm³/mol. The lowest BCUT2D eigenvalue weighted by atomic mass is 10.1. The van der Waals surface area contributed by atoms with Crippen molar-refractivity contribution in [3.05, 3.63) is 41.3 Å². The smallest absolute Gasteiger partial charge is 0.158 e. The number of hydrogen-bond acceptors (Lipinski definition) is 3. The number of hydroxylamine groups is 1. The molecule has 0 unspecified atom stereocenters. The summed E-state index contributed by atoms with van der Waals surface area (Å²) < 4.78 is 0. The Hall–Kier alpha value is -1.95. The Morgan fingerprint density at radius 2 is 2.23 bits per heavy atom. The average molecular weight is 172 g/mol. The van der Waals surface area contributed by atoms with Crippen LogP contribution in [-0.4, -0.2) is 5.87 Å². The van der Waals surface area contributed by atoms with Gasteiger partial charge in [-0.05, 0) is 11.8 Å². The van der Waals surface area contributed by atoms with Crippen molar-refractivity contribution in [2.75, 3.05) is 0 Å². The molecule has 0 fully saturated rings. The van der Waals surface area contributed by atoms with Crippen molar-refractivity contribution in [2.24, 2.45) is 0 Å². The number of rotatable bonds is 0. The molecule has 64 valence electrons. The Labute approximate surface area is 75.8 Å². The van der Waals surface area contributed by atoms with E-state index in [4.69, 9.17) is 10.2 Å². The molecule has 2 rings (SSSR count). The van der Waals surface area contributed by atoms with Crippen LogP contribution in [0.2, 0.25) is 0 Å². The van der Waals surface area contributed by atoms with Crippen LogP contribution in [0, 0.1) is 5.41 Å². The van der Waals surface area contributed by atoms with Crippen LogP contribution in [0.4, 0.5) is 0 Å². The van der Waals surface area contributed by atoms with E-state index in [9.17, 15) is 0 Å². The predicted octanol–water partition coefficient (Wildman–Crippen LogP) is 1.41. The molecule has 0 saturated heterocycles. The zero-order valence-electron chi connectivity index (χ0n) is 6.92. The van der Waals surface area contributed by atoms with Gasteiger partial charge in [-0.25, -0.2) is 5.48 Å². The van der Waals surface area contributed by atoms with Gasteiger partial charge in [0.05, 0.1) is 0 Å². The first-order chi connectivity index (χ1) is 6.40. The third-order valence-electron chi connectivity index (χ3n) is 1.84. The Morgan fingerprint density at radius 3 is 3.08 bits per heavy atom. The monoisotopic (exact) mass is 172 g/mol. The summed E-state index contributed by atoms with van der Waals surface area (Å²) in [7, 11) is 0. The minimum atomic E-state index is 0.710. The van der Waals surface area contributed by atoms with Crippen LogP contribution in [0.5, 0.6) is 5.75 Å². The van der Waals surface area contributed by atoms with Gasteiger partial charge in [0, 0.05) is 17.9 Å². The molecule has 0 radical (unpaired) electrons.